The van der Waals surface area contributed by atoms with E-state index in [0.29, 0.717) is 0 Å². The third kappa shape index (κ3) is 5.35. The zero-order valence-corrected chi connectivity index (χ0v) is 13.7. The van der Waals surface area contributed by atoms with Gasteiger partial charge in [0.25, 0.3) is 15.9 Å². The standard InChI is InChI=1S/C15H18N4O3S/c1-12-10-13(2)19(17-12)11-15(20)16-18-23(21,22)9-8-14-6-4-3-5-7-14/h3-10,18H,11H2,1-2H3,(H,16,20)/b9-8+. The number of nitrogens with one attached hydrogen (secondary N) is 2. The van der Waals surface area contributed by atoms with E-state index in [-0.39, 0.29) is 6.54 Å². The largest absolute Gasteiger partial charge is 0.276 e. The predicted octanol–water partition coefficient (Wildman–Crippen LogP) is 1.12. The van der Waals surface area contributed by atoms with Crippen molar-refractivity contribution in [1.82, 2.24) is 20.0 Å². The Morgan fingerprint density at radius 3 is 2.57 bits per heavy atom. The van der Waals surface area contributed by atoms with Gasteiger partial charge in [-0.25, -0.2) is 8.42 Å². The molecule has 1 aromatic heterocycles. The third-order valence-corrected chi connectivity index (χ3v) is 3.85. The van der Waals surface area contributed by atoms with Crippen molar-refractivity contribution in [2.45, 2.75) is 20.4 Å². The van der Waals surface area contributed by atoms with Crippen LogP contribution in [0.5, 0.6) is 0 Å². The van der Waals surface area contributed by atoms with Gasteiger partial charge in [-0.3, -0.25) is 14.9 Å². The molecule has 0 saturated carbocycles. The summed E-state index contributed by atoms with van der Waals surface area (Å²) in [5.74, 6) is -0.507. The minimum absolute atomic E-state index is 0.0649. The number of nitrogens with zero attached hydrogens (tertiary/aromatic N) is 2. The molecule has 1 heterocycles. The summed E-state index contributed by atoms with van der Waals surface area (Å²) in [6.07, 6.45) is 1.44. The van der Waals surface area contributed by atoms with E-state index in [2.05, 4.69) is 10.5 Å². The predicted molar refractivity (Wildman–Crippen MR) is 87.4 cm³/mol. The topological polar surface area (TPSA) is 93.1 Å². The summed E-state index contributed by atoms with van der Waals surface area (Å²) in [5, 5.41) is 5.13. The zero-order chi connectivity index (χ0) is 16.9. The summed E-state index contributed by atoms with van der Waals surface area (Å²) in [5.41, 5.74) is 4.51. The minimum atomic E-state index is -3.76. The highest BCUT2D eigenvalue weighted by molar-refractivity contribution is 7.92. The van der Waals surface area contributed by atoms with Gasteiger partial charge in [0.05, 0.1) is 5.69 Å². The maximum Gasteiger partial charge on any atom is 0.256 e. The molecule has 2 rings (SSSR count). The smallest absolute Gasteiger partial charge is 0.256 e. The zero-order valence-electron chi connectivity index (χ0n) is 12.9. The molecule has 0 aliphatic carbocycles. The van der Waals surface area contributed by atoms with Crippen LogP contribution in [0, 0.1) is 13.8 Å². The number of carbonyl (C=O) groups excluding carboxylic acids is 1. The molecule has 0 unspecified atom stereocenters. The number of aromatic nitrogens is 2. The minimum Gasteiger partial charge on any atom is -0.276 e. The number of aryl methyl sites for hydroxylation is 2. The van der Waals surface area contributed by atoms with Crippen molar-refractivity contribution in [1.29, 1.82) is 0 Å². The van der Waals surface area contributed by atoms with Crippen molar-refractivity contribution in [3.05, 3.63) is 58.8 Å². The van der Waals surface area contributed by atoms with Gasteiger partial charge in [0.2, 0.25) is 0 Å². The Kier molecular flexibility index (Phi) is 5.30. The van der Waals surface area contributed by atoms with Crippen LogP contribution in [0.3, 0.4) is 0 Å². The van der Waals surface area contributed by atoms with Crippen molar-refractivity contribution in [3.63, 3.8) is 0 Å². The summed E-state index contributed by atoms with van der Waals surface area (Å²) >= 11 is 0. The Labute approximate surface area is 135 Å². The van der Waals surface area contributed by atoms with Gasteiger partial charge in [0.1, 0.15) is 6.54 Å². The lowest BCUT2D eigenvalue weighted by molar-refractivity contribution is -0.122. The van der Waals surface area contributed by atoms with Crippen LogP contribution >= 0.6 is 0 Å². The molecule has 23 heavy (non-hydrogen) atoms. The Morgan fingerprint density at radius 1 is 1.26 bits per heavy atom. The Morgan fingerprint density at radius 2 is 1.96 bits per heavy atom. The highest BCUT2D eigenvalue weighted by Crippen LogP contribution is 2.03. The second-order valence-corrected chi connectivity index (χ2v) is 6.56. The van der Waals surface area contributed by atoms with E-state index >= 15 is 0 Å². The molecule has 0 bridgehead atoms. The molecule has 1 amide bonds. The molecular formula is C15H18N4O3S. The van der Waals surface area contributed by atoms with Crippen LogP contribution in [0.1, 0.15) is 17.0 Å². The van der Waals surface area contributed by atoms with Crippen LogP contribution < -0.4 is 10.3 Å². The van der Waals surface area contributed by atoms with Gasteiger partial charge in [-0.2, -0.15) is 5.10 Å². The number of carbonyl (C=O) groups is 1. The van der Waals surface area contributed by atoms with Crippen molar-refractivity contribution >= 4 is 22.0 Å². The Hall–Kier alpha value is -2.45. The molecule has 0 fully saturated rings. The van der Waals surface area contributed by atoms with Crippen molar-refractivity contribution in [3.8, 4) is 0 Å². The molecule has 7 nitrogen and oxygen atoms in total. The SMILES string of the molecule is Cc1cc(C)n(CC(=O)NNS(=O)(=O)/C=C/c2ccccc2)n1. The van der Waals surface area contributed by atoms with Crippen LogP contribution in [0.2, 0.25) is 0 Å². The van der Waals surface area contributed by atoms with E-state index in [1.165, 1.54) is 10.8 Å². The second kappa shape index (κ2) is 7.21. The molecule has 0 saturated heterocycles. The fourth-order valence-electron chi connectivity index (χ4n) is 1.90. The van der Waals surface area contributed by atoms with Gasteiger partial charge in [-0.15, -0.1) is 4.83 Å². The van der Waals surface area contributed by atoms with E-state index in [1.54, 1.807) is 24.3 Å². The van der Waals surface area contributed by atoms with E-state index < -0.39 is 15.9 Å². The Balaban J connectivity index is 1.90. The van der Waals surface area contributed by atoms with Crippen molar-refractivity contribution < 1.29 is 13.2 Å². The van der Waals surface area contributed by atoms with Crippen LogP contribution in [-0.4, -0.2) is 24.1 Å². The number of hydrazine groups is 1. The van der Waals surface area contributed by atoms with Crippen molar-refractivity contribution in [2.75, 3.05) is 0 Å². The summed E-state index contributed by atoms with van der Waals surface area (Å²) in [6, 6.07) is 10.8. The van der Waals surface area contributed by atoms with Gasteiger partial charge in [-0.1, -0.05) is 30.3 Å². The number of hydrogen-bond acceptors (Lipinski definition) is 4. The summed E-state index contributed by atoms with van der Waals surface area (Å²) in [6.45, 7) is 3.57. The molecule has 8 heteroatoms. The summed E-state index contributed by atoms with van der Waals surface area (Å²) in [7, 11) is -3.76. The first-order chi connectivity index (χ1) is 10.9. The maximum absolute atomic E-state index is 11.8. The van der Waals surface area contributed by atoms with Crippen LogP contribution in [0.4, 0.5) is 0 Å². The fraction of sp³-hybridized carbons (Fsp3) is 0.200. The molecule has 0 atom stereocenters. The first-order valence-corrected chi connectivity index (χ1v) is 8.45. The van der Waals surface area contributed by atoms with Gasteiger partial charge in [0, 0.05) is 11.1 Å². The van der Waals surface area contributed by atoms with Crippen LogP contribution in [0.15, 0.2) is 41.8 Å². The fourth-order valence-corrected chi connectivity index (χ4v) is 2.57. The molecule has 0 aliphatic heterocycles. The van der Waals surface area contributed by atoms with Gasteiger partial charge < -0.3 is 0 Å². The monoisotopic (exact) mass is 334 g/mol. The van der Waals surface area contributed by atoms with E-state index in [0.717, 1.165) is 22.4 Å². The number of benzene rings is 1. The Bertz CT molecular complexity index is 811. The molecule has 1 aromatic carbocycles. The average Bonchev–Trinajstić information content (AvgIpc) is 2.82. The summed E-state index contributed by atoms with van der Waals surface area (Å²) in [4.78, 5) is 13.8. The molecule has 0 spiro atoms. The maximum atomic E-state index is 11.8. The number of rotatable bonds is 6. The normalized spacial score (nSPS) is 11.7. The lowest BCUT2D eigenvalue weighted by atomic mass is 10.2. The van der Waals surface area contributed by atoms with Crippen molar-refractivity contribution in [2.24, 2.45) is 0 Å². The highest BCUT2D eigenvalue weighted by Gasteiger charge is 2.10. The first-order valence-electron chi connectivity index (χ1n) is 6.90. The van der Waals surface area contributed by atoms with E-state index in [4.69, 9.17) is 0 Å². The lowest BCUT2D eigenvalue weighted by Crippen LogP contribution is -2.42. The number of hydrogen-bond donors (Lipinski definition) is 2. The highest BCUT2D eigenvalue weighted by atomic mass is 32.2. The van der Waals surface area contributed by atoms with E-state index in [9.17, 15) is 13.2 Å². The summed E-state index contributed by atoms with van der Waals surface area (Å²) < 4.78 is 25.1. The molecule has 2 N–H and O–H groups in total. The molecule has 2 aromatic rings. The van der Waals surface area contributed by atoms with Gasteiger partial charge in [0.15, 0.2) is 0 Å². The number of amides is 1. The molecule has 122 valence electrons. The first kappa shape index (κ1) is 16.9. The molecular weight excluding hydrogens is 316 g/mol. The van der Waals surface area contributed by atoms with Crippen LogP contribution in [-0.2, 0) is 21.4 Å². The van der Waals surface area contributed by atoms with Gasteiger partial charge in [-0.05, 0) is 31.6 Å². The van der Waals surface area contributed by atoms with Crippen LogP contribution in [0.25, 0.3) is 6.08 Å². The van der Waals surface area contributed by atoms with E-state index in [1.807, 2.05) is 30.8 Å². The molecule has 0 radical (unpaired) electrons. The molecule has 0 aliphatic rings. The lowest BCUT2D eigenvalue weighted by Gasteiger charge is -2.07. The third-order valence-electron chi connectivity index (χ3n) is 2.97. The average molecular weight is 334 g/mol. The number of sulfonamides is 1. The quantitative estimate of drug-likeness (QED) is 0.774. The second-order valence-electron chi connectivity index (χ2n) is 4.99. The van der Waals surface area contributed by atoms with Gasteiger partial charge >= 0.3 is 0 Å².